The number of aryl methyl sites for hydroxylation is 1. The molecule has 0 radical (unpaired) electrons. The number of hydrogen-bond acceptors (Lipinski definition) is 5. The van der Waals surface area contributed by atoms with Crippen molar-refractivity contribution >= 4 is 17.4 Å². The predicted molar refractivity (Wildman–Crippen MR) is 68.1 cm³/mol. The Hall–Kier alpha value is -2.18. The lowest BCUT2D eigenvalue weighted by Crippen LogP contribution is -2.37. The summed E-state index contributed by atoms with van der Waals surface area (Å²) in [4.78, 5) is 17.2. The van der Waals surface area contributed by atoms with Crippen LogP contribution in [0.2, 0.25) is 0 Å². The molecule has 3 rings (SSSR count). The Morgan fingerprint density at radius 3 is 2.74 bits per heavy atom. The molecule has 0 bridgehead atoms. The monoisotopic (exact) mass is 261 g/mol. The van der Waals surface area contributed by atoms with E-state index in [0.29, 0.717) is 31.8 Å². The minimum atomic E-state index is -0.699. The molecular formula is C12H15N5O2. The Morgan fingerprint density at radius 2 is 2.05 bits per heavy atom. The third-order valence-electron chi connectivity index (χ3n) is 3.47. The molecule has 1 aliphatic heterocycles. The highest BCUT2D eigenvalue weighted by Crippen LogP contribution is 2.21. The first-order valence-corrected chi connectivity index (χ1v) is 6.32. The summed E-state index contributed by atoms with van der Waals surface area (Å²) in [5.74, 6) is 0.582. The Kier molecular flexibility index (Phi) is 2.81. The van der Waals surface area contributed by atoms with Crippen LogP contribution in [0, 0.1) is 12.8 Å². The highest BCUT2D eigenvalue weighted by atomic mass is 16.4. The summed E-state index contributed by atoms with van der Waals surface area (Å²) in [6.07, 6.45) is 1.32. The van der Waals surface area contributed by atoms with E-state index in [-0.39, 0.29) is 5.92 Å². The van der Waals surface area contributed by atoms with Gasteiger partial charge in [-0.15, -0.1) is 14.8 Å². The van der Waals surface area contributed by atoms with E-state index in [4.69, 9.17) is 5.11 Å². The topological polar surface area (TPSA) is 83.6 Å². The fraction of sp³-hybridized carbons (Fsp3) is 0.500. The highest BCUT2D eigenvalue weighted by Gasteiger charge is 2.25. The van der Waals surface area contributed by atoms with Gasteiger partial charge in [0.15, 0.2) is 11.5 Å². The van der Waals surface area contributed by atoms with Gasteiger partial charge in [0.1, 0.15) is 5.82 Å². The van der Waals surface area contributed by atoms with Crippen molar-refractivity contribution in [2.45, 2.75) is 19.8 Å². The number of fused-ring (bicyclic) bond motifs is 1. The number of hydrogen-bond donors (Lipinski definition) is 1. The maximum absolute atomic E-state index is 10.9. The summed E-state index contributed by atoms with van der Waals surface area (Å²) in [5.41, 5.74) is 0.724. The van der Waals surface area contributed by atoms with Gasteiger partial charge in [-0.05, 0) is 31.9 Å². The second-order valence-corrected chi connectivity index (χ2v) is 4.80. The zero-order valence-electron chi connectivity index (χ0n) is 10.7. The summed E-state index contributed by atoms with van der Waals surface area (Å²) in [6.45, 7) is 3.25. The minimum absolute atomic E-state index is 0.228. The molecule has 3 heterocycles. The van der Waals surface area contributed by atoms with Crippen molar-refractivity contribution < 1.29 is 9.90 Å². The van der Waals surface area contributed by atoms with Crippen LogP contribution in [0.1, 0.15) is 18.7 Å². The number of carboxylic acids is 1. The first-order valence-electron chi connectivity index (χ1n) is 6.32. The van der Waals surface area contributed by atoms with Gasteiger partial charge < -0.3 is 10.0 Å². The van der Waals surface area contributed by atoms with Crippen LogP contribution in [0.5, 0.6) is 0 Å². The normalized spacial score (nSPS) is 17.0. The molecular weight excluding hydrogens is 246 g/mol. The van der Waals surface area contributed by atoms with Crippen LogP contribution < -0.4 is 4.90 Å². The molecule has 1 N–H and O–H groups in total. The molecule has 0 spiro atoms. The minimum Gasteiger partial charge on any atom is -0.481 e. The molecule has 7 nitrogen and oxygen atoms in total. The van der Waals surface area contributed by atoms with Crippen molar-refractivity contribution in [3.63, 3.8) is 0 Å². The van der Waals surface area contributed by atoms with Gasteiger partial charge >= 0.3 is 5.97 Å². The van der Waals surface area contributed by atoms with E-state index in [0.717, 1.165) is 11.5 Å². The van der Waals surface area contributed by atoms with E-state index in [1.807, 2.05) is 19.1 Å². The summed E-state index contributed by atoms with van der Waals surface area (Å²) in [5, 5.41) is 17.6. The van der Waals surface area contributed by atoms with E-state index in [9.17, 15) is 4.79 Å². The van der Waals surface area contributed by atoms with Crippen molar-refractivity contribution in [2.24, 2.45) is 5.92 Å². The first kappa shape index (κ1) is 11.9. The molecule has 1 fully saturated rings. The Morgan fingerprint density at radius 1 is 1.32 bits per heavy atom. The standard InChI is InChI=1S/C12H15N5O2/c1-8-13-10-2-3-11(15-17(10)14-8)16-6-4-9(5-7-16)12(18)19/h2-3,9H,4-7H2,1H3,(H,18,19). The van der Waals surface area contributed by atoms with Gasteiger partial charge in [0.05, 0.1) is 5.92 Å². The molecule has 0 unspecified atom stereocenters. The average Bonchev–Trinajstić information content (AvgIpc) is 2.77. The summed E-state index contributed by atoms with van der Waals surface area (Å²) >= 11 is 0. The van der Waals surface area contributed by atoms with Crippen molar-refractivity contribution in [2.75, 3.05) is 18.0 Å². The van der Waals surface area contributed by atoms with Gasteiger partial charge in [-0.2, -0.15) is 0 Å². The van der Waals surface area contributed by atoms with Crippen LogP contribution in [0.25, 0.3) is 5.65 Å². The van der Waals surface area contributed by atoms with Crippen LogP contribution >= 0.6 is 0 Å². The highest BCUT2D eigenvalue weighted by molar-refractivity contribution is 5.70. The molecule has 1 aliphatic rings. The molecule has 7 heteroatoms. The smallest absolute Gasteiger partial charge is 0.306 e. The zero-order valence-corrected chi connectivity index (χ0v) is 10.7. The zero-order chi connectivity index (χ0) is 13.4. The van der Waals surface area contributed by atoms with E-state index >= 15 is 0 Å². The molecule has 1 saturated heterocycles. The third kappa shape index (κ3) is 2.23. The van der Waals surface area contributed by atoms with Gasteiger partial charge in [-0.3, -0.25) is 4.79 Å². The van der Waals surface area contributed by atoms with Crippen molar-refractivity contribution in [3.8, 4) is 0 Å². The second-order valence-electron chi connectivity index (χ2n) is 4.80. The average molecular weight is 261 g/mol. The maximum atomic E-state index is 10.9. The molecule has 0 aliphatic carbocycles. The molecule has 0 saturated carbocycles. The number of aliphatic carboxylic acids is 1. The van der Waals surface area contributed by atoms with Gasteiger partial charge in [-0.25, -0.2) is 4.98 Å². The van der Waals surface area contributed by atoms with Crippen molar-refractivity contribution in [1.82, 2.24) is 19.8 Å². The summed E-state index contributed by atoms with van der Waals surface area (Å²) in [6, 6.07) is 3.79. The van der Waals surface area contributed by atoms with E-state index in [1.165, 1.54) is 4.63 Å². The maximum Gasteiger partial charge on any atom is 0.306 e. The molecule has 2 aromatic rings. The van der Waals surface area contributed by atoms with E-state index < -0.39 is 5.97 Å². The van der Waals surface area contributed by atoms with Crippen LogP contribution in [0.15, 0.2) is 12.1 Å². The fourth-order valence-electron chi connectivity index (χ4n) is 2.40. The first-order chi connectivity index (χ1) is 9.13. The van der Waals surface area contributed by atoms with Gasteiger partial charge in [0, 0.05) is 13.1 Å². The lowest BCUT2D eigenvalue weighted by molar-refractivity contribution is -0.142. The molecule has 0 atom stereocenters. The third-order valence-corrected chi connectivity index (χ3v) is 3.47. The Bertz CT molecular complexity index is 616. The number of aromatic nitrogens is 4. The number of nitrogens with zero attached hydrogens (tertiary/aromatic N) is 5. The predicted octanol–water partition coefficient (Wildman–Crippen LogP) is 0.734. The SMILES string of the molecule is Cc1nc2ccc(N3CCC(C(=O)O)CC3)nn2n1. The number of piperidine rings is 1. The molecule has 19 heavy (non-hydrogen) atoms. The number of carboxylic acid groups (broad SMARTS) is 1. The molecule has 2 aromatic heterocycles. The van der Waals surface area contributed by atoms with Crippen LogP contribution in [0.4, 0.5) is 5.82 Å². The lowest BCUT2D eigenvalue weighted by Gasteiger charge is -2.30. The Labute approximate surface area is 109 Å². The molecule has 0 aromatic carbocycles. The second kappa shape index (κ2) is 4.49. The van der Waals surface area contributed by atoms with E-state index in [1.54, 1.807) is 0 Å². The molecule has 0 amide bonds. The van der Waals surface area contributed by atoms with Gasteiger partial charge in [0.25, 0.3) is 0 Å². The number of rotatable bonds is 2. The van der Waals surface area contributed by atoms with Gasteiger partial charge in [-0.1, -0.05) is 0 Å². The number of carbonyl (C=O) groups is 1. The van der Waals surface area contributed by atoms with Crippen LogP contribution in [-0.4, -0.2) is 44.0 Å². The van der Waals surface area contributed by atoms with Crippen molar-refractivity contribution in [1.29, 1.82) is 0 Å². The van der Waals surface area contributed by atoms with Crippen LogP contribution in [-0.2, 0) is 4.79 Å². The van der Waals surface area contributed by atoms with Crippen molar-refractivity contribution in [3.05, 3.63) is 18.0 Å². The molecule has 100 valence electrons. The Balaban J connectivity index is 1.79. The summed E-state index contributed by atoms with van der Waals surface area (Å²) in [7, 11) is 0. The van der Waals surface area contributed by atoms with Crippen LogP contribution in [0.3, 0.4) is 0 Å². The summed E-state index contributed by atoms with van der Waals surface area (Å²) < 4.78 is 1.52. The fourth-order valence-corrected chi connectivity index (χ4v) is 2.40. The van der Waals surface area contributed by atoms with Gasteiger partial charge in [0.2, 0.25) is 0 Å². The van der Waals surface area contributed by atoms with E-state index in [2.05, 4.69) is 20.1 Å². The number of anilines is 1. The largest absolute Gasteiger partial charge is 0.481 e. The lowest BCUT2D eigenvalue weighted by atomic mass is 9.97. The quantitative estimate of drug-likeness (QED) is 0.858.